The van der Waals surface area contributed by atoms with Crippen LogP contribution in [0.15, 0.2) is 54.6 Å². The summed E-state index contributed by atoms with van der Waals surface area (Å²) in [6.07, 6.45) is 0.638. The number of carbonyl (C=O) groups excluding carboxylic acids is 1. The molecule has 0 saturated heterocycles. The lowest BCUT2D eigenvalue weighted by Crippen LogP contribution is -2.38. The largest absolute Gasteiger partial charge is 0.497 e. The van der Waals surface area contributed by atoms with Gasteiger partial charge in [-0.15, -0.1) is 5.48 Å². The zero-order valence-electron chi connectivity index (χ0n) is 14.7. The zero-order chi connectivity index (χ0) is 17.6. The Kier molecular flexibility index (Phi) is 5.99. The van der Waals surface area contributed by atoms with Crippen LogP contribution in [0.5, 0.6) is 5.75 Å². The van der Waals surface area contributed by atoms with Gasteiger partial charge >= 0.3 is 5.97 Å². The first-order valence-electron chi connectivity index (χ1n) is 8.17. The van der Waals surface area contributed by atoms with E-state index in [0.29, 0.717) is 6.42 Å². The van der Waals surface area contributed by atoms with Crippen molar-refractivity contribution in [2.24, 2.45) is 0 Å². The van der Waals surface area contributed by atoms with Crippen LogP contribution in [0.2, 0.25) is 0 Å². The summed E-state index contributed by atoms with van der Waals surface area (Å²) < 4.78 is 5.18. The van der Waals surface area contributed by atoms with Crippen LogP contribution in [-0.2, 0) is 15.0 Å². The first kappa shape index (κ1) is 18.0. The molecular formula is C20H25NO3. The van der Waals surface area contributed by atoms with Gasteiger partial charge < -0.3 is 9.57 Å². The van der Waals surface area contributed by atoms with Gasteiger partial charge in [-0.25, -0.2) is 4.79 Å². The summed E-state index contributed by atoms with van der Waals surface area (Å²) in [6, 6.07) is 17.3. The highest BCUT2D eigenvalue weighted by molar-refractivity contribution is 5.82. The third-order valence-corrected chi connectivity index (χ3v) is 4.51. The normalized spacial score (nSPS) is 14.5. The molecule has 0 bridgehead atoms. The van der Waals surface area contributed by atoms with E-state index in [-0.39, 0.29) is 12.0 Å². The van der Waals surface area contributed by atoms with Crippen molar-refractivity contribution < 1.29 is 14.4 Å². The molecule has 0 amide bonds. The van der Waals surface area contributed by atoms with Gasteiger partial charge in [-0.3, -0.25) is 0 Å². The second-order valence-corrected chi connectivity index (χ2v) is 6.05. The molecule has 2 aromatic rings. The van der Waals surface area contributed by atoms with E-state index in [1.165, 1.54) is 0 Å². The number of carbonyl (C=O) groups is 1. The molecule has 1 unspecified atom stereocenters. The Bertz CT molecular complexity index is 654. The van der Waals surface area contributed by atoms with E-state index < -0.39 is 5.41 Å². The molecule has 0 fully saturated rings. The molecule has 2 aromatic carbocycles. The predicted molar refractivity (Wildman–Crippen MR) is 94.7 cm³/mol. The highest BCUT2D eigenvalue weighted by Gasteiger charge is 2.35. The molecule has 4 heteroatoms. The lowest BCUT2D eigenvalue weighted by Gasteiger charge is -2.27. The SMILES string of the molecule is CCC(C)(C(=O)ON[C@H](C)c1ccccc1)c1ccc(OC)cc1. The van der Waals surface area contributed by atoms with Gasteiger partial charge in [-0.2, -0.15) is 0 Å². The van der Waals surface area contributed by atoms with E-state index in [2.05, 4.69) is 5.48 Å². The monoisotopic (exact) mass is 327 g/mol. The molecule has 0 aliphatic carbocycles. The molecule has 0 aliphatic heterocycles. The number of hydrogen-bond donors (Lipinski definition) is 1. The van der Waals surface area contributed by atoms with Crippen LogP contribution in [0.1, 0.15) is 44.4 Å². The lowest BCUT2D eigenvalue weighted by molar-refractivity contribution is -0.159. The van der Waals surface area contributed by atoms with Crippen LogP contribution in [0, 0.1) is 0 Å². The quantitative estimate of drug-likeness (QED) is 0.775. The minimum Gasteiger partial charge on any atom is -0.497 e. The highest BCUT2D eigenvalue weighted by Crippen LogP contribution is 2.30. The molecular weight excluding hydrogens is 302 g/mol. The first-order chi connectivity index (χ1) is 11.5. The van der Waals surface area contributed by atoms with Crippen LogP contribution in [0.3, 0.4) is 0 Å². The van der Waals surface area contributed by atoms with Crippen molar-refractivity contribution in [1.82, 2.24) is 5.48 Å². The third-order valence-electron chi connectivity index (χ3n) is 4.51. The van der Waals surface area contributed by atoms with Crippen LogP contribution in [0.4, 0.5) is 0 Å². The number of hydrogen-bond acceptors (Lipinski definition) is 4. The maximum Gasteiger partial charge on any atom is 0.334 e. The van der Waals surface area contributed by atoms with E-state index in [1.54, 1.807) is 7.11 Å². The second-order valence-electron chi connectivity index (χ2n) is 6.05. The number of rotatable bonds is 7. The average Bonchev–Trinajstić information content (AvgIpc) is 2.65. The molecule has 128 valence electrons. The van der Waals surface area contributed by atoms with Crippen molar-refractivity contribution >= 4 is 5.97 Å². The van der Waals surface area contributed by atoms with Gasteiger partial charge in [-0.05, 0) is 43.5 Å². The Hall–Kier alpha value is -2.33. The minimum absolute atomic E-state index is 0.0767. The van der Waals surface area contributed by atoms with Crippen molar-refractivity contribution in [3.8, 4) is 5.75 Å². The van der Waals surface area contributed by atoms with Crippen LogP contribution in [0.25, 0.3) is 0 Å². The number of nitrogens with one attached hydrogen (secondary N) is 1. The molecule has 1 N–H and O–H groups in total. The zero-order valence-corrected chi connectivity index (χ0v) is 14.7. The fraction of sp³-hybridized carbons (Fsp3) is 0.350. The molecule has 0 saturated carbocycles. The van der Waals surface area contributed by atoms with Crippen molar-refractivity contribution in [2.45, 2.75) is 38.6 Å². The van der Waals surface area contributed by atoms with E-state index in [0.717, 1.165) is 16.9 Å². The number of ether oxygens (including phenoxy) is 1. The fourth-order valence-electron chi connectivity index (χ4n) is 2.49. The molecule has 2 rings (SSSR count). The van der Waals surface area contributed by atoms with E-state index in [4.69, 9.17) is 9.57 Å². The Labute approximate surface area is 143 Å². The maximum atomic E-state index is 12.7. The van der Waals surface area contributed by atoms with Gasteiger partial charge in [0.1, 0.15) is 5.75 Å². The molecule has 4 nitrogen and oxygen atoms in total. The average molecular weight is 327 g/mol. The molecule has 24 heavy (non-hydrogen) atoms. The summed E-state index contributed by atoms with van der Waals surface area (Å²) in [5.74, 6) is 0.472. The van der Waals surface area contributed by atoms with E-state index in [1.807, 2.05) is 75.4 Å². The number of methoxy groups -OCH3 is 1. The molecule has 2 atom stereocenters. The Morgan fingerprint density at radius 2 is 1.75 bits per heavy atom. The summed E-state index contributed by atoms with van der Waals surface area (Å²) >= 11 is 0. The Morgan fingerprint density at radius 1 is 1.12 bits per heavy atom. The van der Waals surface area contributed by atoms with Gasteiger partial charge in [0.15, 0.2) is 0 Å². The number of benzene rings is 2. The summed E-state index contributed by atoms with van der Waals surface area (Å²) in [4.78, 5) is 18.1. The van der Waals surface area contributed by atoms with Crippen LogP contribution < -0.4 is 10.2 Å². The standard InChI is InChI=1S/C20H25NO3/c1-5-20(3,17-11-13-18(23-4)14-12-17)19(22)24-21-15(2)16-9-7-6-8-10-16/h6-15,21H,5H2,1-4H3/t15-,20?/m1/s1. The van der Waals surface area contributed by atoms with Crippen LogP contribution in [-0.4, -0.2) is 13.1 Å². The molecule has 0 aromatic heterocycles. The molecule has 0 heterocycles. The predicted octanol–water partition coefficient (Wildman–Crippen LogP) is 4.17. The minimum atomic E-state index is -0.713. The van der Waals surface area contributed by atoms with Gasteiger partial charge in [0, 0.05) is 0 Å². The highest BCUT2D eigenvalue weighted by atomic mass is 16.7. The van der Waals surface area contributed by atoms with Crippen molar-refractivity contribution in [3.63, 3.8) is 0 Å². The van der Waals surface area contributed by atoms with Gasteiger partial charge in [0.25, 0.3) is 0 Å². The summed E-state index contributed by atoms with van der Waals surface area (Å²) in [7, 11) is 1.62. The summed E-state index contributed by atoms with van der Waals surface area (Å²) in [6.45, 7) is 5.83. The van der Waals surface area contributed by atoms with Crippen LogP contribution >= 0.6 is 0 Å². The topological polar surface area (TPSA) is 47.6 Å². The molecule has 0 aliphatic rings. The Morgan fingerprint density at radius 3 is 2.29 bits per heavy atom. The molecule has 0 radical (unpaired) electrons. The summed E-state index contributed by atoms with van der Waals surface area (Å²) in [5, 5.41) is 0. The van der Waals surface area contributed by atoms with Crippen molar-refractivity contribution in [2.75, 3.05) is 7.11 Å². The second kappa shape index (κ2) is 7.97. The van der Waals surface area contributed by atoms with Crippen molar-refractivity contribution in [1.29, 1.82) is 0 Å². The summed E-state index contributed by atoms with van der Waals surface area (Å²) in [5.41, 5.74) is 4.11. The van der Waals surface area contributed by atoms with E-state index >= 15 is 0 Å². The van der Waals surface area contributed by atoms with Gasteiger partial charge in [0.05, 0.1) is 18.6 Å². The van der Waals surface area contributed by atoms with Crippen molar-refractivity contribution in [3.05, 3.63) is 65.7 Å². The van der Waals surface area contributed by atoms with Gasteiger partial charge in [-0.1, -0.05) is 49.4 Å². The van der Waals surface area contributed by atoms with E-state index in [9.17, 15) is 4.79 Å². The van der Waals surface area contributed by atoms with Gasteiger partial charge in [0.2, 0.25) is 0 Å². The third kappa shape index (κ3) is 3.95. The number of hydroxylamine groups is 1. The Balaban J connectivity index is 2.07. The first-order valence-corrected chi connectivity index (χ1v) is 8.17. The molecule has 0 spiro atoms. The smallest absolute Gasteiger partial charge is 0.334 e. The maximum absolute atomic E-state index is 12.7. The lowest BCUT2D eigenvalue weighted by atomic mass is 9.80. The fourth-order valence-corrected chi connectivity index (χ4v) is 2.49.